The minimum absolute atomic E-state index is 0.127. The Morgan fingerprint density at radius 3 is 2.30 bits per heavy atom. The summed E-state index contributed by atoms with van der Waals surface area (Å²) in [6.07, 6.45) is 5.87. The van der Waals surface area contributed by atoms with Crippen LogP contribution in [-0.2, 0) is 15.1 Å². The fraction of sp³-hybridized carbons (Fsp3) is 0.591. The second kappa shape index (κ2) is 7.63. The molecule has 3 aliphatic rings. The largest absolute Gasteiger partial charge is 0.335 e. The summed E-state index contributed by atoms with van der Waals surface area (Å²) in [7, 11) is 0. The molecule has 162 valence electrons. The van der Waals surface area contributed by atoms with E-state index in [-0.39, 0.29) is 30.1 Å². The number of imide groups is 1. The lowest BCUT2D eigenvalue weighted by molar-refractivity contribution is -0.141. The smallest absolute Gasteiger partial charge is 0.325 e. The highest BCUT2D eigenvalue weighted by molar-refractivity contribution is 6.09. The minimum atomic E-state index is -1.68. The van der Waals surface area contributed by atoms with Crippen molar-refractivity contribution < 1.29 is 23.2 Å². The first-order chi connectivity index (χ1) is 14.2. The van der Waals surface area contributed by atoms with Crippen molar-refractivity contribution in [1.82, 2.24) is 15.1 Å². The lowest BCUT2D eigenvalue weighted by Gasteiger charge is -2.37. The number of urea groups is 1. The number of carbonyl (C=O) groups excluding carboxylic acids is 3. The summed E-state index contributed by atoms with van der Waals surface area (Å²) in [6.45, 7) is 3.21. The first kappa shape index (κ1) is 20.8. The maximum atomic E-state index is 14.3. The van der Waals surface area contributed by atoms with Gasteiger partial charge in [0.15, 0.2) is 0 Å². The van der Waals surface area contributed by atoms with Gasteiger partial charge in [0.25, 0.3) is 5.91 Å². The van der Waals surface area contributed by atoms with E-state index in [2.05, 4.69) is 12.2 Å². The molecule has 1 aromatic carbocycles. The molecule has 1 N–H and O–H groups in total. The Morgan fingerprint density at radius 2 is 1.73 bits per heavy atom. The molecule has 3 fully saturated rings. The summed E-state index contributed by atoms with van der Waals surface area (Å²) in [5, 5.41) is 2.49. The topological polar surface area (TPSA) is 69.7 Å². The van der Waals surface area contributed by atoms with E-state index in [1.54, 1.807) is 0 Å². The van der Waals surface area contributed by atoms with E-state index in [1.165, 1.54) is 6.92 Å². The Bertz CT molecular complexity index is 880. The molecule has 4 rings (SSSR count). The van der Waals surface area contributed by atoms with Crippen molar-refractivity contribution in [2.45, 2.75) is 70.0 Å². The lowest BCUT2D eigenvalue weighted by atomic mass is 9.86. The summed E-state index contributed by atoms with van der Waals surface area (Å²) in [5.74, 6) is -2.00. The van der Waals surface area contributed by atoms with Gasteiger partial charge in [-0.05, 0) is 57.4 Å². The standard InChI is InChI=1S/C22H27F2N3O3/c1-13-3-6-15(7-4-13)27(16-8-9-16)19(28)12-26-20(29)22(2,25-21(26)30)17-10-5-14(23)11-18(17)24/h5,10-11,13,15-16H,3-4,6-9,12H2,1-2H3,(H,25,30). The van der Waals surface area contributed by atoms with E-state index >= 15 is 0 Å². The zero-order valence-electron chi connectivity index (χ0n) is 17.3. The predicted molar refractivity (Wildman–Crippen MR) is 105 cm³/mol. The van der Waals surface area contributed by atoms with E-state index in [0.29, 0.717) is 12.0 Å². The van der Waals surface area contributed by atoms with Gasteiger partial charge in [-0.3, -0.25) is 14.5 Å². The fourth-order valence-corrected chi connectivity index (χ4v) is 4.71. The summed E-state index contributed by atoms with van der Waals surface area (Å²) in [4.78, 5) is 41.5. The van der Waals surface area contributed by atoms with Crippen LogP contribution in [0.1, 0.15) is 57.9 Å². The fourth-order valence-electron chi connectivity index (χ4n) is 4.71. The number of benzene rings is 1. The number of carbonyl (C=O) groups is 3. The molecule has 0 radical (unpaired) electrons. The van der Waals surface area contributed by atoms with Crippen LogP contribution in [0, 0.1) is 17.6 Å². The Kier molecular flexibility index (Phi) is 5.28. The van der Waals surface area contributed by atoms with Gasteiger partial charge in [0.1, 0.15) is 23.7 Å². The van der Waals surface area contributed by atoms with Gasteiger partial charge in [-0.15, -0.1) is 0 Å². The number of amides is 4. The quantitative estimate of drug-likeness (QED) is 0.745. The molecule has 0 spiro atoms. The van der Waals surface area contributed by atoms with Gasteiger partial charge in [-0.2, -0.15) is 0 Å². The Hall–Kier alpha value is -2.51. The number of nitrogens with one attached hydrogen (secondary N) is 1. The van der Waals surface area contributed by atoms with Crippen LogP contribution in [0.5, 0.6) is 0 Å². The normalized spacial score (nSPS) is 29.1. The highest BCUT2D eigenvalue weighted by Crippen LogP contribution is 2.36. The van der Waals surface area contributed by atoms with Crippen LogP contribution in [0.4, 0.5) is 13.6 Å². The van der Waals surface area contributed by atoms with E-state index in [0.717, 1.165) is 55.6 Å². The molecule has 1 aliphatic heterocycles. The van der Waals surface area contributed by atoms with Crippen LogP contribution in [0.15, 0.2) is 18.2 Å². The summed E-state index contributed by atoms with van der Waals surface area (Å²) >= 11 is 0. The summed E-state index contributed by atoms with van der Waals surface area (Å²) in [6, 6.07) is 2.43. The maximum absolute atomic E-state index is 14.3. The Balaban J connectivity index is 1.52. The maximum Gasteiger partial charge on any atom is 0.325 e. The average Bonchev–Trinajstić information content (AvgIpc) is 3.48. The second-order valence-electron chi connectivity index (χ2n) is 9.02. The third kappa shape index (κ3) is 3.68. The molecule has 1 aromatic rings. The molecule has 4 amide bonds. The van der Waals surface area contributed by atoms with Gasteiger partial charge in [0.2, 0.25) is 5.91 Å². The Labute approximate surface area is 174 Å². The second-order valence-corrected chi connectivity index (χ2v) is 9.02. The highest BCUT2D eigenvalue weighted by atomic mass is 19.1. The molecular formula is C22H27F2N3O3. The third-order valence-electron chi connectivity index (χ3n) is 6.65. The van der Waals surface area contributed by atoms with Gasteiger partial charge in [-0.1, -0.05) is 13.0 Å². The average molecular weight is 419 g/mol. The van der Waals surface area contributed by atoms with Gasteiger partial charge in [0, 0.05) is 23.7 Å². The molecule has 1 saturated heterocycles. The molecule has 1 unspecified atom stereocenters. The molecule has 8 heteroatoms. The molecule has 0 aromatic heterocycles. The summed E-state index contributed by atoms with van der Waals surface area (Å²) in [5.41, 5.74) is -1.81. The third-order valence-corrected chi connectivity index (χ3v) is 6.65. The molecule has 2 aliphatic carbocycles. The molecule has 0 bridgehead atoms. The number of hydrogen-bond acceptors (Lipinski definition) is 3. The van der Waals surface area contributed by atoms with Crippen LogP contribution < -0.4 is 5.32 Å². The van der Waals surface area contributed by atoms with E-state index in [1.807, 2.05) is 4.90 Å². The molecule has 2 saturated carbocycles. The van der Waals surface area contributed by atoms with Crippen LogP contribution in [-0.4, -0.2) is 46.3 Å². The first-order valence-corrected chi connectivity index (χ1v) is 10.6. The number of nitrogens with zero attached hydrogens (tertiary/aromatic N) is 2. The molecule has 1 atom stereocenters. The first-order valence-electron chi connectivity index (χ1n) is 10.6. The van der Waals surface area contributed by atoms with E-state index in [4.69, 9.17) is 0 Å². The van der Waals surface area contributed by atoms with E-state index < -0.39 is 29.1 Å². The van der Waals surface area contributed by atoms with Gasteiger partial charge in [-0.25, -0.2) is 13.6 Å². The van der Waals surface area contributed by atoms with Crippen molar-refractivity contribution in [2.75, 3.05) is 6.54 Å². The van der Waals surface area contributed by atoms with Gasteiger partial charge >= 0.3 is 6.03 Å². The van der Waals surface area contributed by atoms with Crippen molar-refractivity contribution in [3.63, 3.8) is 0 Å². The monoisotopic (exact) mass is 419 g/mol. The van der Waals surface area contributed by atoms with Crippen molar-refractivity contribution in [2.24, 2.45) is 5.92 Å². The molecule has 6 nitrogen and oxygen atoms in total. The van der Waals surface area contributed by atoms with Crippen molar-refractivity contribution in [3.8, 4) is 0 Å². The van der Waals surface area contributed by atoms with Crippen molar-refractivity contribution in [1.29, 1.82) is 0 Å². The summed E-state index contributed by atoms with van der Waals surface area (Å²) < 4.78 is 27.6. The molecule has 1 heterocycles. The number of hydrogen-bond donors (Lipinski definition) is 1. The highest BCUT2D eigenvalue weighted by Gasteiger charge is 2.51. The molecule has 30 heavy (non-hydrogen) atoms. The zero-order chi connectivity index (χ0) is 21.6. The lowest BCUT2D eigenvalue weighted by Crippen LogP contribution is -2.49. The molecular weight excluding hydrogens is 392 g/mol. The zero-order valence-corrected chi connectivity index (χ0v) is 17.3. The van der Waals surface area contributed by atoms with Crippen LogP contribution >= 0.6 is 0 Å². The minimum Gasteiger partial charge on any atom is -0.335 e. The van der Waals surface area contributed by atoms with Crippen LogP contribution in [0.3, 0.4) is 0 Å². The van der Waals surface area contributed by atoms with Crippen molar-refractivity contribution >= 4 is 17.8 Å². The van der Waals surface area contributed by atoms with Crippen LogP contribution in [0.25, 0.3) is 0 Å². The number of rotatable bonds is 5. The number of halogens is 2. The SMILES string of the molecule is CC1CCC(N(C(=O)CN2C(=O)NC(C)(c3ccc(F)cc3F)C2=O)C2CC2)CC1. The van der Waals surface area contributed by atoms with Crippen molar-refractivity contribution in [3.05, 3.63) is 35.4 Å². The Morgan fingerprint density at radius 1 is 1.13 bits per heavy atom. The van der Waals surface area contributed by atoms with Crippen LogP contribution in [0.2, 0.25) is 0 Å². The van der Waals surface area contributed by atoms with E-state index in [9.17, 15) is 23.2 Å². The predicted octanol–water partition coefficient (Wildman–Crippen LogP) is 3.30. The van der Waals surface area contributed by atoms with Gasteiger partial charge < -0.3 is 10.2 Å². The van der Waals surface area contributed by atoms with Gasteiger partial charge in [0.05, 0.1) is 0 Å².